The van der Waals surface area contributed by atoms with Crippen molar-refractivity contribution in [3.63, 3.8) is 0 Å². The Morgan fingerprint density at radius 3 is 2.04 bits per heavy atom. The molecule has 1 aliphatic heterocycles. The Labute approximate surface area is 166 Å². The zero-order valence-electron chi connectivity index (χ0n) is 15.2. The van der Waals surface area contributed by atoms with E-state index in [1.807, 2.05) is 38.1 Å². The summed E-state index contributed by atoms with van der Waals surface area (Å²) >= 11 is 3.38. The fourth-order valence-corrected chi connectivity index (χ4v) is 3.41. The van der Waals surface area contributed by atoms with Gasteiger partial charge in [0.25, 0.3) is 0 Å². The highest BCUT2D eigenvalue weighted by Gasteiger charge is 2.38. The summed E-state index contributed by atoms with van der Waals surface area (Å²) < 4.78 is 16.6. The standard InChI is InChI=1S/C21H21BrO5/c1-13-3-7-15(8-4-13)20(23)25-12-18-17(11-19(22)26-18)27-21(24)16-9-5-14(2)6-10-16/h3-10,17-19H,11-12H2,1-2H3/t17?,18-,19?/m0/s1. The lowest BCUT2D eigenvalue weighted by Crippen LogP contribution is -2.32. The van der Waals surface area contributed by atoms with Gasteiger partial charge in [-0.3, -0.25) is 0 Å². The lowest BCUT2D eigenvalue weighted by molar-refractivity contribution is -0.0309. The number of ether oxygens (including phenoxy) is 3. The van der Waals surface area contributed by atoms with E-state index >= 15 is 0 Å². The molecule has 27 heavy (non-hydrogen) atoms. The van der Waals surface area contributed by atoms with Crippen LogP contribution < -0.4 is 0 Å². The fourth-order valence-electron chi connectivity index (χ4n) is 2.76. The summed E-state index contributed by atoms with van der Waals surface area (Å²) in [6.07, 6.45) is -0.517. The van der Waals surface area contributed by atoms with Crippen molar-refractivity contribution >= 4 is 27.9 Å². The van der Waals surface area contributed by atoms with E-state index in [9.17, 15) is 9.59 Å². The van der Waals surface area contributed by atoms with Gasteiger partial charge in [-0.15, -0.1) is 0 Å². The van der Waals surface area contributed by atoms with E-state index in [4.69, 9.17) is 14.2 Å². The third-order valence-electron chi connectivity index (χ3n) is 4.37. The first-order valence-electron chi connectivity index (χ1n) is 8.73. The van der Waals surface area contributed by atoms with Crippen molar-refractivity contribution in [2.24, 2.45) is 0 Å². The Hall–Kier alpha value is -2.18. The van der Waals surface area contributed by atoms with Crippen LogP contribution in [-0.2, 0) is 14.2 Å². The molecule has 2 unspecified atom stereocenters. The summed E-state index contributed by atoms with van der Waals surface area (Å²) in [6.45, 7) is 3.92. The van der Waals surface area contributed by atoms with Gasteiger partial charge in [0.15, 0.2) is 0 Å². The monoisotopic (exact) mass is 432 g/mol. The molecule has 0 aliphatic carbocycles. The van der Waals surface area contributed by atoms with Crippen molar-refractivity contribution in [2.45, 2.75) is 37.5 Å². The van der Waals surface area contributed by atoms with Crippen LogP contribution in [0, 0.1) is 13.8 Å². The van der Waals surface area contributed by atoms with Crippen LogP contribution in [0.2, 0.25) is 0 Å². The predicted octanol–water partition coefficient (Wildman–Crippen LogP) is 4.20. The van der Waals surface area contributed by atoms with Crippen molar-refractivity contribution in [1.29, 1.82) is 0 Å². The van der Waals surface area contributed by atoms with Gasteiger partial charge >= 0.3 is 11.9 Å². The van der Waals surface area contributed by atoms with Crippen LogP contribution in [0.25, 0.3) is 0 Å². The van der Waals surface area contributed by atoms with Crippen LogP contribution in [-0.4, -0.2) is 35.8 Å². The van der Waals surface area contributed by atoms with Crippen LogP contribution in [0.3, 0.4) is 0 Å². The smallest absolute Gasteiger partial charge is 0.338 e. The van der Waals surface area contributed by atoms with Gasteiger partial charge in [0.2, 0.25) is 0 Å². The molecule has 0 radical (unpaired) electrons. The van der Waals surface area contributed by atoms with E-state index in [1.54, 1.807) is 24.3 Å². The van der Waals surface area contributed by atoms with Crippen molar-refractivity contribution in [3.8, 4) is 0 Å². The number of alkyl halides is 1. The van der Waals surface area contributed by atoms with Crippen LogP contribution in [0.4, 0.5) is 0 Å². The van der Waals surface area contributed by atoms with Gasteiger partial charge in [-0.2, -0.15) is 0 Å². The van der Waals surface area contributed by atoms with Crippen molar-refractivity contribution in [2.75, 3.05) is 6.61 Å². The highest BCUT2D eigenvalue weighted by molar-refractivity contribution is 9.09. The molecular formula is C21H21BrO5. The number of hydrogen-bond acceptors (Lipinski definition) is 5. The second-order valence-corrected chi connectivity index (χ2v) is 7.62. The highest BCUT2D eigenvalue weighted by atomic mass is 79.9. The zero-order valence-corrected chi connectivity index (χ0v) is 16.8. The van der Waals surface area contributed by atoms with Crippen molar-refractivity contribution in [1.82, 2.24) is 0 Å². The summed E-state index contributed by atoms with van der Waals surface area (Å²) in [6, 6.07) is 14.3. The Balaban J connectivity index is 1.58. The normalized spacial score (nSPS) is 21.7. The molecule has 0 N–H and O–H groups in total. The van der Waals surface area contributed by atoms with E-state index in [-0.39, 0.29) is 11.6 Å². The van der Waals surface area contributed by atoms with E-state index in [1.165, 1.54) is 0 Å². The van der Waals surface area contributed by atoms with Gasteiger partial charge < -0.3 is 14.2 Å². The number of benzene rings is 2. The van der Waals surface area contributed by atoms with Gasteiger partial charge in [0.1, 0.15) is 23.8 Å². The van der Waals surface area contributed by atoms with E-state index in [0.29, 0.717) is 17.5 Å². The minimum absolute atomic E-state index is 0.0145. The average molecular weight is 433 g/mol. The Kier molecular flexibility index (Phi) is 6.29. The van der Waals surface area contributed by atoms with Crippen LogP contribution in [0.15, 0.2) is 48.5 Å². The Morgan fingerprint density at radius 1 is 0.963 bits per heavy atom. The number of carbonyl (C=O) groups is 2. The van der Waals surface area contributed by atoms with Crippen LogP contribution in [0.1, 0.15) is 38.3 Å². The average Bonchev–Trinajstić information content (AvgIpc) is 3.00. The maximum Gasteiger partial charge on any atom is 0.338 e. The number of esters is 2. The molecule has 0 amide bonds. The molecule has 0 saturated carbocycles. The summed E-state index contributed by atoms with van der Waals surface area (Å²) in [5.41, 5.74) is 3.09. The van der Waals surface area contributed by atoms with Gasteiger partial charge in [-0.25, -0.2) is 9.59 Å². The molecular weight excluding hydrogens is 412 g/mol. The van der Waals surface area contributed by atoms with Gasteiger partial charge in [0.05, 0.1) is 11.1 Å². The van der Waals surface area contributed by atoms with Crippen LogP contribution in [0.5, 0.6) is 0 Å². The molecule has 1 heterocycles. The number of hydrogen-bond donors (Lipinski definition) is 0. The maximum absolute atomic E-state index is 12.4. The SMILES string of the molecule is Cc1ccc(C(=O)OC[C@@H]2OC(Br)CC2OC(=O)c2ccc(C)cc2)cc1. The summed E-state index contributed by atoms with van der Waals surface area (Å²) in [5.74, 6) is -0.847. The summed E-state index contributed by atoms with van der Waals surface area (Å²) in [7, 11) is 0. The zero-order chi connectivity index (χ0) is 19.4. The Morgan fingerprint density at radius 2 is 1.48 bits per heavy atom. The molecule has 0 aromatic heterocycles. The minimum atomic E-state index is -0.516. The molecule has 0 spiro atoms. The van der Waals surface area contributed by atoms with E-state index in [0.717, 1.165) is 11.1 Å². The third-order valence-corrected chi connectivity index (χ3v) is 4.96. The quantitative estimate of drug-likeness (QED) is 0.523. The number of aryl methyl sites for hydroxylation is 2. The number of halogens is 1. The lowest BCUT2D eigenvalue weighted by atomic mass is 10.1. The lowest BCUT2D eigenvalue weighted by Gasteiger charge is -2.19. The van der Waals surface area contributed by atoms with Gasteiger partial charge in [-0.1, -0.05) is 51.3 Å². The minimum Gasteiger partial charge on any atom is -0.459 e. The molecule has 0 bridgehead atoms. The number of rotatable bonds is 5. The molecule has 2 aromatic carbocycles. The second kappa shape index (κ2) is 8.67. The van der Waals surface area contributed by atoms with Gasteiger partial charge in [-0.05, 0) is 38.1 Å². The molecule has 3 atom stereocenters. The maximum atomic E-state index is 12.4. The first-order valence-corrected chi connectivity index (χ1v) is 9.65. The largest absolute Gasteiger partial charge is 0.459 e. The molecule has 142 valence electrons. The van der Waals surface area contributed by atoms with Crippen molar-refractivity contribution in [3.05, 3.63) is 70.8 Å². The summed E-state index contributed by atoms with van der Waals surface area (Å²) in [5, 5.41) is -0.253. The van der Waals surface area contributed by atoms with Crippen LogP contribution >= 0.6 is 15.9 Å². The fraction of sp³-hybridized carbons (Fsp3) is 0.333. The molecule has 6 heteroatoms. The highest BCUT2D eigenvalue weighted by Crippen LogP contribution is 2.28. The first kappa shape index (κ1) is 19.6. The molecule has 1 aliphatic rings. The Bertz CT molecular complexity index is 800. The van der Waals surface area contributed by atoms with E-state index in [2.05, 4.69) is 15.9 Å². The third kappa shape index (κ3) is 5.17. The number of carbonyl (C=O) groups excluding carboxylic acids is 2. The first-order chi connectivity index (χ1) is 12.9. The molecule has 1 saturated heterocycles. The molecule has 2 aromatic rings. The topological polar surface area (TPSA) is 61.8 Å². The van der Waals surface area contributed by atoms with E-state index < -0.39 is 24.1 Å². The van der Waals surface area contributed by atoms with Gasteiger partial charge in [0, 0.05) is 6.42 Å². The molecule has 3 rings (SSSR count). The second-order valence-electron chi connectivity index (χ2n) is 6.59. The molecule has 5 nitrogen and oxygen atoms in total. The molecule has 1 fully saturated rings. The predicted molar refractivity (Wildman–Crippen MR) is 104 cm³/mol. The summed E-state index contributed by atoms with van der Waals surface area (Å²) in [4.78, 5) is 24.5. The van der Waals surface area contributed by atoms with Crippen molar-refractivity contribution < 1.29 is 23.8 Å².